The maximum atomic E-state index is 13.9. The van der Waals surface area contributed by atoms with Crippen LogP contribution in [0.5, 0.6) is 0 Å². The average Bonchev–Trinajstić information content (AvgIpc) is 2.90. The first-order chi connectivity index (χ1) is 17.4. The molecule has 0 N–H and O–H groups in total. The third-order valence-corrected chi connectivity index (χ3v) is 6.73. The minimum absolute atomic E-state index is 0.0653. The van der Waals surface area contributed by atoms with E-state index in [9.17, 15) is 14.0 Å². The van der Waals surface area contributed by atoms with E-state index in [1.165, 1.54) is 24.3 Å². The minimum atomic E-state index is -0.389. The Morgan fingerprint density at radius 3 is 2.11 bits per heavy atom. The van der Waals surface area contributed by atoms with E-state index in [1.807, 2.05) is 97.6 Å². The molecular weight excluding hydrogens is 451 g/mol. The Hall–Kier alpha value is -4.25. The van der Waals surface area contributed by atoms with Crippen LogP contribution in [0.3, 0.4) is 0 Å². The van der Waals surface area contributed by atoms with E-state index in [4.69, 9.17) is 0 Å². The number of nitrogens with zero attached hydrogens (tertiary/aromatic N) is 2. The zero-order valence-corrected chi connectivity index (χ0v) is 20.3. The smallest absolute Gasteiger partial charge is 0.258 e. The van der Waals surface area contributed by atoms with Gasteiger partial charge in [-0.3, -0.25) is 9.59 Å². The summed E-state index contributed by atoms with van der Waals surface area (Å²) in [7, 11) is 0. The highest BCUT2D eigenvalue weighted by atomic mass is 19.1. The molecule has 1 heterocycles. The largest absolute Gasteiger partial charge is 0.305 e. The van der Waals surface area contributed by atoms with Crippen LogP contribution in [0.25, 0.3) is 0 Å². The molecule has 0 saturated carbocycles. The number of carbonyl (C=O) groups is 2. The van der Waals surface area contributed by atoms with Crippen molar-refractivity contribution in [2.45, 2.75) is 32.4 Å². The first-order valence-corrected chi connectivity index (χ1v) is 12.1. The van der Waals surface area contributed by atoms with E-state index < -0.39 is 0 Å². The molecule has 0 bridgehead atoms. The van der Waals surface area contributed by atoms with Crippen molar-refractivity contribution in [1.29, 1.82) is 0 Å². The van der Waals surface area contributed by atoms with Crippen LogP contribution >= 0.6 is 0 Å². The molecule has 1 aliphatic rings. The lowest BCUT2D eigenvalue weighted by Gasteiger charge is -2.43. The highest BCUT2D eigenvalue weighted by Gasteiger charge is 2.39. The Morgan fingerprint density at radius 1 is 0.806 bits per heavy atom. The van der Waals surface area contributed by atoms with Gasteiger partial charge in [-0.25, -0.2) is 4.39 Å². The van der Waals surface area contributed by atoms with Gasteiger partial charge in [-0.2, -0.15) is 0 Å². The Morgan fingerprint density at radius 2 is 1.42 bits per heavy atom. The molecule has 4 aromatic rings. The van der Waals surface area contributed by atoms with E-state index >= 15 is 0 Å². The van der Waals surface area contributed by atoms with E-state index in [0.29, 0.717) is 17.5 Å². The number of halogens is 1. The summed E-state index contributed by atoms with van der Waals surface area (Å²) in [5.74, 6) is -0.671. The van der Waals surface area contributed by atoms with Crippen LogP contribution < -0.4 is 9.80 Å². The van der Waals surface area contributed by atoms with E-state index in [0.717, 1.165) is 22.5 Å². The second kappa shape index (κ2) is 9.78. The molecule has 180 valence electrons. The molecule has 0 radical (unpaired) electrons. The average molecular weight is 479 g/mol. The Bertz CT molecular complexity index is 1380. The Kier molecular flexibility index (Phi) is 6.38. The molecule has 0 fully saturated rings. The van der Waals surface area contributed by atoms with Crippen LogP contribution in [0.15, 0.2) is 103 Å². The molecule has 0 spiro atoms. The molecule has 5 heteroatoms. The summed E-state index contributed by atoms with van der Waals surface area (Å²) < 4.78 is 13.6. The van der Waals surface area contributed by atoms with Crippen molar-refractivity contribution in [3.8, 4) is 0 Å². The van der Waals surface area contributed by atoms with Crippen LogP contribution in [0.2, 0.25) is 0 Å². The van der Waals surface area contributed by atoms with Crippen molar-refractivity contribution in [1.82, 2.24) is 0 Å². The summed E-state index contributed by atoms with van der Waals surface area (Å²) >= 11 is 0. The highest BCUT2D eigenvalue weighted by molar-refractivity contribution is 6.09. The van der Waals surface area contributed by atoms with Crippen LogP contribution in [0.4, 0.5) is 15.8 Å². The van der Waals surface area contributed by atoms with Gasteiger partial charge in [0, 0.05) is 28.5 Å². The fourth-order valence-electron chi connectivity index (χ4n) is 4.93. The monoisotopic (exact) mass is 478 g/mol. The second-order valence-electron chi connectivity index (χ2n) is 9.22. The summed E-state index contributed by atoms with van der Waals surface area (Å²) in [6.07, 6.45) is 0.552. The maximum absolute atomic E-state index is 13.9. The van der Waals surface area contributed by atoms with Gasteiger partial charge in [0.2, 0.25) is 0 Å². The second-order valence-corrected chi connectivity index (χ2v) is 9.22. The predicted octanol–water partition coefficient (Wildman–Crippen LogP) is 6.96. The SMILES string of the molecule is Cc1ccc(C(=O)N2c3ccccc3[C@H](N(C(=O)c3ccc(F)cc3)c3ccccc3)C[C@H]2C)cc1. The number of amides is 2. The number of aryl methyl sites for hydroxylation is 1. The van der Waals surface area contributed by atoms with Crippen molar-refractivity contribution in [2.75, 3.05) is 9.80 Å². The van der Waals surface area contributed by atoms with Crippen LogP contribution in [0, 0.1) is 12.7 Å². The number of anilines is 2. The summed E-state index contributed by atoms with van der Waals surface area (Å²) in [4.78, 5) is 31.1. The van der Waals surface area contributed by atoms with Crippen molar-refractivity contribution in [3.63, 3.8) is 0 Å². The van der Waals surface area contributed by atoms with Gasteiger partial charge in [-0.05, 0) is 80.4 Å². The maximum Gasteiger partial charge on any atom is 0.258 e. The number of carbonyl (C=O) groups excluding carboxylic acids is 2. The molecule has 0 unspecified atom stereocenters. The normalized spacial score (nSPS) is 16.8. The fourth-order valence-corrected chi connectivity index (χ4v) is 4.93. The topological polar surface area (TPSA) is 40.6 Å². The lowest BCUT2D eigenvalue weighted by Crippen LogP contribution is -2.47. The van der Waals surface area contributed by atoms with Gasteiger partial charge in [0.1, 0.15) is 5.82 Å². The fraction of sp³-hybridized carbons (Fsp3) is 0.161. The lowest BCUT2D eigenvalue weighted by atomic mass is 9.89. The summed E-state index contributed by atoms with van der Waals surface area (Å²) in [6.45, 7) is 4.01. The molecule has 2 atom stereocenters. The molecule has 1 aliphatic heterocycles. The molecule has 36 heavy (non-hydrogen) atoms. The van der Waals surface area contributed by atoms with Crippen molar-refractivity contribution in [3.05, 3.63) is 131 Å². The number of hydrogen-bond acceptors (Lipinski definition) is 2. The van der Waals surface area contributed by atoms with Gasteiger partial charge >= 0.3 is 0 Å². The molecule has 0 aromatic heterocycles. The quantitative estimate of drug-likeness (QED) is 0.318. The van der Waals surface area contributed by atoms with Gasteiger partial charge in [0.05, 0.1) is 6.04 Å². The molecule has 2 amide bonds. The van der Waals surface area contributed by atoms with E-state index in [2.05, 4.69) is 0 Å². The minimum Gasteiger partial charge on any atom is -0.305 e. The van der Waals surface area contributed by atoms with Crippen LogP contribution in [-0.2, 0) is 0 Å². The lowest BCUT2D eigenvalue weighted by molar-refractivity contribution is 0.0965. The van der Waals surface area contributed by atoms with Gasteiger partial charge in [-0.1, -0.05) is 54.1 Å². The standard InChI is InChI=1S/C31H27FN2O2/c1-21-12-14-23(15-13-21)30(35)33-22(2)20-29(27-10-6-7-11-28(27)33)34(26-8-4-3-5-9-26)31(36)24-16-18-25(32)19-17-24/h3-19,22,29H,20H2,1-2H3/t22-,29-/m1/s1. The first kappa shape index (κ1) is 23.5. The van der Waals surface area contributed by atoms with E-state index in [-0.39, 0.29) is 29.7 Å². The zero-order chi connectivity index (χ0) is 25.2. The molecule has 0 aliphatic carbocycles. The molecule has 0 saturated heterocycles. The van der Waals surface area contributed by atoms with Gasteiger partial charge in [-0.15, -0.1) is 0 Å². The third-order valence-electron chi connectivity index (χ3n) is 6.73. The first-order valence-electron chi connectivity index (χ1n) is 12.1. The van der Waals surface area contributed by atoms with Crippen molar-refractivity contribution < 1.29 is 14.0 Å². The number of fused-ring (bicyclic) bond motifs is 1. The summed E-state index contributed by atoms with van der Waals surface area (Å²) in [6, 6.07) is 30.0. The van der Waals surface area contributed by atoms with E-state index in [1.54, 1.807) is 4.90 Å². The molecule has 4 aromatic carbocycles. The van der Waals surface area contributed by atoms with Crippen molar-refractivity contribution in [2.24, 2.45) is 0 Å². The van der Waals surface area contributed by atoms with Crippen LogP contribution in [0.1, 0.15) is 51.2 Å². The summed E-state index contributed by atoms with van der Waals surface area (Å²) in [5.41, 5.74) is 4.57. The zero-order valence-electron chi connectivity index (χ0n) is 20.3. The number of hydrogen-bond donors (Lipinski definition) is 0. The summed E-state index contributed by atoms with van der Waals surface area (Å²) in [5, 5.41) is 0. The Balaban J connectivity index is 1.60. The highest BCUT2D eigenvalue weighted by Crippen LogP contribution is 2.43. The van der Waals surface area contributed by atoms with Gasteiger partial charge < -0.3 is 9.80 Å². The van der Waals surface area contributed by atoms with Crippen molar-refractivity contribution >= 4 is 23.2 Å². The molecular formula is C31H27FN2O2. The third kappa shape index (κ3) is 4.40. The predicted molar refractivity (Wildman–Crippen MR) is 141 cm³/mol. The Labute approximate surface area is 210 Å². The van der Waals surface area contributed by atoms with Crippen LogP contribution in [-0.4, -0.2) is 17.9 Å². The van der Waals surface area contributed by atoms with Gasteiger partial charge in [0.15, 0.2) is 0 Å². The number of benzene rings is 4. The number of para-hydroxylation sites is 2. The molecule has 5 rings (SSSR count). The number of rotatable bonds is 4. The van der Waals surface area contributed by atoms with Gasteiger partial charge in [0.25, 0.3) is 11.8 Å². The molecule has 4 nitrogen and oxygen atoms in total.